The molecule has 12 aliphatic rings. The van der Waals surface area contributed by atoms with Crippen LogP contribution in [0.3, 0.4) is 0 Å². The van der Waals surface area contributed by atoms with Crippen LogP contribution in [0.15, 0.2) is 57.4 Å². The predicted octanol–water partition coefficient (Wildman–Crippen LogP) is 1.02. The smallest absolute Gasteiger partial charge is 0.352 e. The lowest BCUT2D eigenvalue weighted by atomic mass is 9.77. The Bertz CT molecular complexity index is 2740. The molecule has 0 aromatic carbocycles. The van der Waals surface area contributed by atoms with Gasteiger partial charge in [-0.1, -0.05) is 62.5 Å². The fourth-order valence-electron chi connectivity index (χ4n) is 16.6. The topological polar surface area (TPSA) is 350 Å². The summed E-state index contributed by atoms with van der Waals surface area (Å²) in [5.74, 6) is -4.81. The molecule has 0 bridgehead atoms. The van der Waals surface area contributed by atoms with E-state index in [1.165, 1.54) is 19.6 Å². The van der Waals surface area contributed by atoms with Crippen LogP contribution in [0.1, 0.15) is 90.0 Å². The number of nitrogens with zero attached hydrogens (tertiary/aromatic N) is 8. The van der Waals surface area contributed by atoms with Crippen LogP contribution in [0, 0.1) is 71.0 Å². The van der Waals surface area contributed by atoms with Crippen molar-refractivity contribution in [3.05, 3.63) is 57.4 Å². The van der Waals surface area contributed by atoms with E-state index in [4.69, 9.17) is 5.73 Å². The van der Waals surface area contributed by atoms with Gasteiger partial charge in [-0.05, 0) is 80.1 Å². The first-order valence-electron chi connectivity index (χ1n) is 30.9. The summed E-state index contributed by atoms with van der Waals surface area (Å²) in [6.45, 7) is 34.4. The number of likely N-dealkylation sites (tertiary alicyclic amines) is 4. The van der Waals surface area contributed by atoms with Crippen LogP contribution in [-0.2, 0) is 38.4 Å². The Balaban J connectivity index is 0.000000152. The van der Waals surface area contributed by atoms with Gasteiger partial charge in [0.05, 0.1) is 72.3 Å². The monoisotopic (exact) mass is 1230 g/mol. The van der Waals surface area contributed by atoms with Crippen molar-refractivity contribution < 1.29 is 79.2 Å². The highest BCUT2D eigenvalue weighted by Crippen LogP contribution is 2.51. The summed E-state index contributed by atoms with van der Waals surface area (Å²) in [5, 5.41) is 77.2. The van der Waals surface area contributed by atoms with Gasteiger partial charge in [-0.2, -0.15) is 0 Å². The van der Waals surface area contributed by atoms with Gasteiger partial charge in [0.1, 0.15) is 22.8 Å². The number of hydrogen-bond acceptors (Lipinski definition) is 17. The van der Waals surface area contributed by atoms with Crippen molar-refractivity contribution in [2.75, 3.05) is 78.5 Å². The molecule has 8 saturated heterocycles. The SMILES string of the molecule is C.C=C(N)CC1CN(CC2=C(C(=O)O)N3C(=O)C([C@@H](C)O)C3[C@H]2C)C1.CC1CN(CC2=C(C(=O)O)N3C(=O)C([C@@H](C)O)C3[C@H]2C)C1.CC1CN(CC2=C(C(=O)O)N3C(=O)C([C@@H](C)O)C3[C@H]2C)C1.CC1CN(CC2=C(C(=O)O)N3C(=O)C([C@@H](C)O)C3[C@H]2C)C1. The highest BCUT2D eigenvalue weighted by Gasteiger charge is 2.64. The van der Waals surface area contributed by atoms with E-state index >= 15 is 0 Å². The maximum absolute atomic E-state index is 12.3. The first kappa shape index (κ1) is 67.9. The van der Waals surface area contributed by atoms with Crippen molar-refractivity contribution >= 4 is 47.5 Å². The maximum atomic E-state index is 12.3. The molecule has 8 fully saturated rings. The molecule has 0 aliphatic carbocycles. The first-order chi connectivity index (χ1) is 40.7. The van der Waals surface area contributed by atoms with Gasteiger partial charge in [-0.15, -0.1) is 0 Å². The second kappa shape index (κ2) is 25.7. The minimum atomic E-state index is -1.07. The number of hydrogen-bond donors (Lipinski definition) is 9. The van der Waals surface area contributed by atoms with E-state index in [0.717, 1.165) is 81.1 Å². The zero-order chi connectivity index (χ0) is 64.2. The average molecular weight is 1230 g/mol. The average Bonchev–Trinajstić information content (AvgIpc) is 1.62. The number of amides is 4. The van der Waals surface area contributed by atoms with Crippen molar-refractivity contribution in [3.8, 4) is 0 Å². The summed E-state index contributed by atoms with van der Waals surface area (Å²) >= 11 is 0. The van der Waals surface area contributed by atoms with Crippen molar-refractivity contribution in [1.82, 2.24) is 39.2 Å². The Morgan fingerprint density at radius 1 is 0.420 bits per heavy atom. The lowest BCUT2D eigenvalue weighted by Gasteiger charge is -2.46. The number of nitrogens with two attached hydrogens (primary N) is 1. The van der Waals surface area contributed by atoms with Crippen molar-refractivity contribution in [1.29, 1.82) is 0 Å². The molecule has 16 atom stereocenters. The highest BCUT2D eigenvalue weighted by molar-refractivity contribution is 6.02. The van der Waals surface area contributed by atoms with Gasteiger partial charge in [-0.3, -0.25) is 38.8 Å². The van der Waals surface area contributed by atoms with Gasteiger partial charge in [0, 0.05) is 108 Å². The Kier molecular flexibility index (Phi) is 19.8. The summed E-state index contributed by atoms with van der Waals surface area (Å²) in [5.41, 5.74) is 10.1. The number of carboxylic acid groups (broad SMARTS) is 4. The molecular formula is C63H95N9O16. The lowest BCUT2D eigenvalue weighted by Crippen LogP contribution is -2.63. The summed E-state index contributed by atoms with van der Waals surface area (Å²) in [7, 11) is 0. The molecule has 12 aliphatic heterocycles. The summed E-state index contributed by atoms with van der Waals surface area (Å²) in [6, 6.07) is -0.827. The molecule has 0 aromatic heterocycles. The largest absolute Gasteiger partial charge is 0.477 e. The van der Waals surface area contributed by atoms with E-state index in [1.807, 2.05) is 27.7 Å². The fourth-order valence-corrected chi connectivity index (χ4v) is 16.6. The molecule has 8 unspecified atom stereocenters. The molecular weight excluding hydrogens is 1140 g/mol. The van der Waals surface area contributed by atoms with Gasteiger partial charge in [0.15, 0.2) is 0 Å². The molecule has 25 heteroatoms. The van der Waals surface area contributed by atoms with E-state index in [1.54, 1.807) is 27.7 Å². The van der Waals surface area contributed by atoms with Gasteiger partial charge < -0.3 is 66.2 Å². The third kappa shape index (κ3) is 11.7. The zero-order valence-corrected chi connectivity index (χ0v) is 51.9. The number of rotatable bonds is 18. The minimum absolute atomic E-state index is 0. The van der Waals surface area contributed by atoms with Crippen molar-refractivity contribution in [3.63, 3.8) is 0 Å². The van der Waals surface area contributed by atoms with E-state index in [2.05, 4.69) is 46.9 Å². The molecule has 488 valence electrons. The quantitative estimate of drug-likeness (QED) is 0.0865. The number of aliphatic carboxylic acids is 4. The number of carboxylic acids is 4. The molecule has 0 spiro atoms. The minimum Gasteiger partial charge on any atom is -0.477 e. The summed E-state index contributed by atoms with van der Waals surface area (Å²) < 4.78 is 0. The summed E-state index contributed by atoms with van der Waals surface area (Å²) in [6.07, 6.45) is -2.19. The number of β-lactam (4-membered cyclic amide) rings is 4. The number of fused-ring (bicyclic) bond motifs is 4. The number of carbonyl (C=O) groups excluding carboxylic acids is 4. The Labute approximate surface area is 515 Å². The molecule has 0 radical (unpaired) electrons. The molecule has 0 aromatic rings. The van der Waals surface area contributed by atoms with Gasteiger partial charge in [0.2, 0.25) is 23.6 Å². The predicted molar refractivity (Wildman–Crippen MR) is 320 cm³/mol. The molecule has 12 heterocycles. The molecule has 25 nitrogen and oxygen atoms in total. The molecule has 10 N–H and O–H groups in total. The Morgan fingerprint density at radius 3 is 0.773 bits per heavy atom. The molecule has 4 amide bonds. The normalized spacial score (nSPS) is 33.4. The highest BCUT2D eigenvalue weighted by atomic mass is 16.4. The van der Waals surface area contributed by atoms with Crippen LogP contribution in [0.5, 0.6) is 0 Å². The van der Waals surface area contributed by atoms with Crippen LogP contribution >= 0.6 is 0 Å². The third-order valence-corrected chi connectivity index (χ3v) is 20.7. The second-order valence-corrected chi connectivity index (χ2v) is 27.6. The zero-order valence-electron chi connectivity index (χ0n) is 51.9. The van der Waals surface area contributed by atoms with E-state index < -0.39 is 72.0 Å². The van der Waals surface area contributed by atoms with E-state index in [0.29, 0.717) is 55.5 Å². The first-order valence-corrected chi connectivity index (χ1v) is 30.9. The molecule has 88 heavy (non-hydrogen) atoms. The number of aliphatic hydroxyl groups excluding tert-OH is 4. The Morgan fingerprint density at radius 2 is 0.614 bits per heavy atom. The lowest BCUT2D eigenvalue weighted by molar-refractivity contribution is -0.163. The van der Waals surface area contributed by atoms with Crippen molar-refractivity contribution in [2.24, 2.45) is 76.7 Å². The van der Waals surface area contributed by atoms with Crippen molar-refractivity contribution in [2.45, 2.75) is 139 Å². The summed E-state index contributed by atoms with van der Waals surface area (Å²) in [4.78, 5) is 110. The maximum Gasteiger partial charge on any atom is 0.352 e. The van der Waals surface area contributed by atoms with Gasteiger partial charge >= 0.3 is 23.9 Å². The van der Waals surface area contributed by atoms with Crippen LogP contribution < -0.4 is 5.73 Å². The van der Waals surface area contributed by atoms with Crippen LogP contribution in [-0.4, -0.2) is 255 Å². The Hall–Kier alpha value is -6.06. The third-order valence-electron chi connectivity index (χ3n) is 20.7. The van der Waals surface area contributed by atoms with Gasteiger partial charge in [0.25, 0.3) is 0 Å². The number of carbonyl (C=O) groups is 8. The number of allylic oxidation sites excluding steroid dienone is 1. The molecule has 12 rings (SSSR count). The van der Waals surface area contributed by atoms with E-state index in [-0.39, 0.29) is 102 Å². The molecule has 0 saturated carbocycles. The second-order valence-electron chi connectivity index (χ2n) is 27.6. The van der Waals surface area contributed by atoms with Gasteiger partial charge in [-0.25, -0.2) is 19.2 Å². The van der Waals surface area contributed by atoms with Crippen LogP contribution in [0.2, 0.25) is 0 Å². The number of aliphatic hydroxyl groups is 4. The van der Waals surface area contributed by atoms with Crippen LogP contribution in [0.25, 0.3) is 0 Å². The standard InChI is InChI=1S/C17H25N3O4.3C15H22N2O4.CH4/c1-8(18)4-11-5-19(6-11)7-12-9(2)14-13(10(3)21)16(22)20(14)15(12)17(23)24;3*1-7-4-16(5-7)6-10-8(2)12-11(9(3)18)14(19)17(12)13(10)15(20)21;/h9-11,13-14,21H,1,4-7,18H2,2-3H3,(H,23,24);3*7-9,11-12,18H,4-6H2,1-3H3,(H,20,21);1H4/t9-,10+,13?,14?;3*8-,9+,11?,12?;/m0000./s1. The van der Waals surface area contributed by atoms with E-state index in [9.17, 15) is 79.2 Å². The fraction of sp³-hybridized carbons (Fsp3) is 0.714. The van der Waals surface area contributed by atoms with Crippen LogP contribution in [0.4, 0.5) is 0 Å².